The molecule has 0 radical (unpaired) electrons. The zero-order valence-corrected chi connectivity index (χ0v) is 7.52. The van der Waals surface area contributed by atoms with E-state index in [0.717, 1.165) is 0 Å². The molecule has 48 valence electrons. The summed E-state index contributed by atoms with van der Waals surface area (Å²) in [6.07, 6.45) is 0. The number of hydrogen-bond donors (Lipinski definition) is 0. The lowest BCUT2D eigenvalue weighted by Gasteiger charge is -2.10. The van der Waals surface area contributed by atoms with Gasteiger partial charge in [0.15, 0.2) is 0 Å². The highest BCUT2D eigenvalue weighted by molar-refractivity contribution is 7.65. The Hall–Kier alpha value is 1.05. The monoisotopic (exact) mass is 190 g/mol. The van der Waals surface area contributed by atoms with Gasteiger partial charge in [-0.3, -0.25) is 0 Å². The van der Waals surface area contributed by atoms with Crippen LogP contribution >= 0.6 is 33.2 Å². The van der Waals surface area contributed by atoms with Crippen molar-refractivity contribution in [2.45, 2.75) is 12.1 Å². The lowest BCUT2D eigenvalue weighted by Crippen LogP contribution is -2.31. The molecule has 0 aliphatic carbocycles. The first-order valence-electron chi connectivity index (χ1n) is 2.16. The van der Waals surface area contributed by atoms with Crippen LogP contribution in [0.15, 0.2) is 0 Å². The largest absolute Gasteiger partial charge is 0.374 e. The molecular formula is C3H5Cl3OSi. The summed E-state index contributed by atoms with van der Waals surface area (Å²) in [6.45, 7) is 2.43. The fourth-order valence-electron chi connectivity index (χ4n) is 0.272. The summed E-state index contributed by atoms with van der Waals surface area (Å²) in [7, 11) is 0. The van der Waals surface area contributed by atoms with E-state index in [1.807, 2.05) is 6.92 Å². The Balaban J connectivity index is 2.58. The van der Waals surface area contributed by atoms with Crippen molar-refractivity contribution in [2.24, 2.45) is 0 Å². The lowest BCUT2D eigenvalue weighted by molar-refractivity contribution is 0.392. The summed E-state index contributed by atoms with van der Waals surface area (Å²) in [6, 6.07) is -2.55. The molecule has 0 aromatic carbocycles. The Kier molecular flexibility index (Phi) is 1.58. The topological polar surface area (TPSA) is 12.5 Å². The minimum Gasteiger partial charge on any atom is -0.369 e. The molecule has 0 spiro atoms. The minimum atomic E-state index is -2.55. The smallest absolute Gasteiger partial charge is 0.369 e. The van der Waals surface area contributed by atoms with Crippen LogP contribution in [0, 0.1) is 0 Å². The van der Waals surface area contributed by atoms with E-state index in [1.165, 1.54) is 0 Å². The highest BCUT2D eigenvalue weighted by Gasteiger charge is 2.59. The molecule has 1 aliphatic heterocycles. The van der Waals surface area contributed by atoms with Gasteiger partial charge in [-0.1, -0.05) is 0 Å². The predicted octanol–water partition coefficient (Wildman–Crippen LogP) is 1.97. The molecule has 1 aliphatic rings. The first kappa shape index (κ1) is 7.16. The molecule has 1 unspecified atom stereocenters. The van der Waals surface area contributed by atoms with Crippen molar-refractivity contribution in [3.8, 4) is 0 Å². The molecule has 0 bridgehead atoms. The molecule has 1 rings (SSSR count). The van der Waals surface area contributed by atoms with Crippen LogP contribution in [0.5, 0.6) is 0 Å². The van der Waals surface area contributed by atoms with E-state index in [2.05, 4.69) is 0 Å². The molecule has 8 heavy (non-hydrogen) atoms. The van der Waals surface area contributed by atoms with Crippen LogP contribution in [-0.4, -0.2) is 17.8 Å². The Morgan fingerprint density at radius 3 is 1.88 bits per heavy atom. The molecule has 5 heteroatoms. The van der Waals surface area contributed by atoms with Crippen molar-refractivity contribution in [1.29, 1.82) is 0 Å². The quantitative estimate of drug-likeness (QED) is 0.351. The van der Waals surface area contributed by atoms with Gasteiger partial charge < -0.3 is 4.74 Å². The van der Waals surface area contributed by atoms with Gasteiger partial charge in [0.2, 0.25) is 0 Å². The molecule has 0 aromatic rings. The predicted molar refractivity (Wildman–Crippen MR) is 37.7 cm³/mol. The first-order chi connectivity index (χ1) is 3.46. The number of halogens is 3. The third kappa shape index (κ3) is 1.14. The van der Waals surface area contributed by atoms with Gasteiger partial charge in [0.25, 0.3) is 0 Å². The average Bonchev–Trinajstić information content (AvgIpc) is 2.16. The van der Waals surface area contributed by atoms with E-state index in [4.69, 9.17) is 38.0 Å². The van der Waals surface area contributed by atoms with Crippen LogP contribution in [0.25, 0.3) is 0 Å². The summed E-state index contributed by atoms with van der Waals surface area (Å²) in [4.78, 5) is 0. The first-order valence-corrected chi connectivity index (χ1v) is 7.20. The third-order valence-corrected chi connectivity index (χ3v) is 6.26. The zero-order chi connectivity index (χ0) is 6.41. The van der Waals surface area contributed by atoms with Crippen LogP contribution in [0.2, 0.25) is 0 Å². The normalized spacial score (nSPS) is 37.5. The van der Waals surface area contributed by atoms with E-state index < -0.39 is 6.00 Å². The van der Waals surface area contributed by atoms with Crippen LogP contribution in [0.1, 0.15) is 6.92 Å². The molecule has 0 aromatic heterocycles. The van der Waals surface area contributed by atoms with Crippen LogP contribution in [0.3, 0.4) is 0 Å². The van der Waals surface area contributed by atoms with E-state index >= 15 is 0 Å². The maximum absolute atomic E-state index is 5.62. The highest BCUT2D eigenvalue weighted by Crippen LogP contribution is 2.43. The summed E-state index contributed by atoms with van der Waals surface area (Å²) >= 11 is 16.8. The maximum Gasteiger partial charge on any atom is 0.374 e. The number of rotatable bonds is 1. The molecule has 1 fully saturated rings. The summed E-state index contributed by atoms with van der Waals surface area (Å²) in [5.74, 6) is 0. The Labute approximate surface area is 63.0 Å². The Morgan fingerprint density at radius 1 is 1.50 bits per heavy atom. The van der Waals surface area contributed by atoms with E-state index in [-0.39, 0.29) is 5.22 Å². The number of hydrogen-bond acceptors (Lipinski definition) is 1. The van der Waals surface area contributed by atoms with Crippen molar-refractivity contribution in [3.63, 3.8) is 0 Å². The molecule has 0 N–H and O–H groups in total. The lowest BCUT2D eigenvalue weighted by atomic mass is 10.6. The molecule has 1 nitrogen and oxygen atoms in total. The highest BCUT2D eigenvalue weighted by atomic mass is 35.8. The Bertz CT molecular complexity index is 102. The standard InChI is InChI=1S/C3H5Cl3OSi/c1-3(2-7-3)8(4,5)6/h2H2,1H3. The second kappa shape index (κ2) is 1.76. The van der Waals surface area contributed by atoms with Crippen LogP contribution in [0.4, 0.5) is 0 Å². The van der Waals surface area contributed by atoms with Gasteiger partial charge in [-0.2, -0.15) is 0 Å². The van der Waals surface area contributed by atoms with Crippen molar-refractivity contribution in [2.75, 3.05) is 6.61 Å². The molecule has 0 saturated carbocycles. The van der Waals surface area contributed by atoms with Crippen molar-refractivity contribution >= 4 is 39.2 Å². The van der Waals surface area contributed by atoms with Crippen LogP contribution in [-0.2, 0) is 4.74 Å². The van der Waals surface area contributed by atoms with E-state index in [1.54, 1.807) is 0 Å². The fraction of sp³-hybridized carbons (Fsp3) is 1.00. The molecule has 1 heterocycles. The SMILES string of the molecule is CC1([Si](Cl)(Cl)Cl)CO1. The van der Waals surface area contributed by atoms with Gasteiger partial charge >= 0.3 is 6.00 Å². The van der Waals surface area contributed by atoms with Crippen LogP contribution < -0.4 is 0 Å². The number of epoxide rings is 1. The second-order valence-corrected chi connectivity index (χ2v) is 10.9. The number of ether oxygens (including phenoxy) is 1. The van der Waals surface area contributed by atoms with E-state index in [9.17, 15) is 0 Å². The van der Waals surface area contributed by atoms with Crippen molar-refractivity contribution in [1.82, 2.24) is 0 Å². The molecule has 1 atom stereocenters. The van der Waals surface area contributed by atoms with E-state index in [0.29, 0.717) is 6.61 Å². The molecule has 0 amide bonds. The van der Waals surface area contributed by atoms with Gasteiger partial charge in [-0.25, -0.2) is 0 Å². The maximum atomic E-state index is 5.62. The van der Waals surface area contributed by atoms with Gasteiger partial charge in [0, 0.05) is 0 Å². The zero-order valence-electron chi connectivity index (χ0n) is 4.25. The fourth-order valence-corrected chi connectivity index (χ4v) is 1.65. The average molecular weight is 192 g/mol. The summed E-state index contributed by atoms with van der Waals surface area (Å²) in [5, 5.41) is -0.377. The third-order valence-electron chi connectivity index (χ3n) is 1.18. The Morgan fingerprint density at radius 2 is 1.88 bits per heavy atom. The summed E-state index contributed by atoms with van der Waals surface area (Å²) < 4.78 is 4.93. The van der Waals surface area contributed by atoms with Crippen molar-refractivity contribution in [3.05, 3.63) is 0 Å². The van der Waals surface area contributed by atoms with Gasteiger partial charge in [-0.15, -0.1) is 33.2 Å². The van der Waals surface area contributed by atoms with Gasteiger partial charge in [-0.05, 0) is 6.92 Å². The van der Waals surface area contributed by atoms with Gasteiger partial charge in [0.1, 0.15) is 5.22 Å². The molecule has 1 saturated heterocycles. The minimum absolute atomic E-state index is 0.377. The molecular weight excluding hydrogens is 186 g/mol. The second-order valence-electron chi connectivity index (χ2n) is 2.02. The van der Waals surface area contributed by atoms with Gasteiger partial charge in [0.05, 0.1) is 6.61 Å². The summed E-state index contributed by atoms with van der Waals surface area (Å²) in [5.41, 5.74) is 0. The van der Waals surface area contributed by atoms with Crippen molar-refractivity contribution < 1.29 is 4.74 Å².